The van der Waals surface area contributed by atoms with E-state index in [0.717, 1.165) is 4.90 Å². The van der Waals surface area contributed by atoms with E-state index in [-0.39, 0.29) is 11.4 Å². The number of anilines is 3. The molecule has 0 saturated carbocycles. The summed E-state index contributed by atoms with van der Waals surface area (Å²) < 4.78 is 5.11. The first-order valence-electron chi connectivity index (χ1n) is 7.18. The van der Waals surface area contributed by atoms with Crippen molar-refractivity contribution in [2.75, 3.05) is 23.1 Å². The molecule has 0 aliphatic heterocycles. The van der Waals surface area contributed by atoms with Crippen LogP contribution >= 0.6 is 11.6 Å². The van der Waals surface area contributed by atoms with Crippen LogP contribution in [0.4, 0.5) is 17.1 Å². The smallest absolute Gasteiger partial charge is 0.323 e. The Morgan fingerprint density at radius 2 is 1.76 bits per heavy atom. The van der Waals surface area contributed by atoms with Crippen molar-refractivity contribution in [3.05, 3.63) is 47.5 Å². The van der Waals surface area contributed by atoms with Gasteiger partial charge in [-0.3, -0.25) is 14.4 Å². The van der Waals surface area contributed by atoms with Crippen LogP contribution < -0.4 is 20.7 Å². The molecule has 0 saturated heterocycles. The number of benzene rings is 2. The average Bonchev–Trinajstić information content (AvgIpc) is 2.56. The van der Waals surface area contributed by atoms with Gasteiger partial charge in [-0.2, -0.15) is 0 Å². The molecule has 0 aromatic heterocycles. The van der Waals surface area contributed by atoms with Crippen molar-refractivity contribution < 1.29 is 19.1 Å². The molecule has 0 aliphatic rings. The summed E-state index contributed by atoms with van der Waals surface area (Å²) >= 11 is 5.89. The van der Waals surface area contributed by atoms with Crippen molar-refractivity contribution in [2.45, 2.75) is 6.92 Å². The number of methoxy groups -OCH3 is 1. The van der Waals surface area contributed by atoms with Crippen LogP contribution in [-0.2, 0) is 14.4 Å². The molecule has 7 nitrogen and oxygen atoms in total. The lowest BCUT2D eigenvalue weighted by Gasteiger charge is -2.19. The Morgan fingerprint density at radius 3 is 2.32 bits per heavy atom. The molecule has 3 N–H and O–H groups in total. The minimum Gasteiger partial charge on any atom is -0.495 e. The number of amides is 3. The van der Waals surface area contributed by atoms with Crippen molar-refractivity contribution in [2.24, 2.45) is 0 Å². The molecule has 0 radical (unpaired) electrons. The highest BCUT2D eigenvalue weighted by atomic mass is 35.5. The summed E-state index contributed by atoms with van der Waals surface area (Å²) in [5.74, 6) is -2.33. The maximum Gasteiger partial charge on any atom is 0.323 e. The summed E-state index contributed by atoms with van der Waals surface area (Å²) in [5.41, 5.74) is 6.51. The Hall–Kier alpha value is -3.06. The van der Waals surface area contributed by atoms with Gasteiger partial charge in [-0.15, -0.1) is 0 Å². The molecular weight excluding hydrogens is 346 g/mol. The van der Waals surface area contributed by atoms with Crippen molar-refractivity contribution in [3.8, 4) is 5.75 Å². The van der Waals surface area contributed by atoms with Gasteiger partial charge in [0.2, 0.25) is 5.91 Å². The molecule has 8 heteroatoms. The van der Waals surface area contributed by atoms with E-state index in [1.807, 2.05) is 0 Å². The van der Waals surface area contributed by atoms with Gasteiger partial charge in [-0.1, -0.05) is 11.6 Å². The second-order valence-electron chi connectivity index (χ2n) is 5.05. The van der Waals surface area contributed by atoms with Crippen LogP contribution in [0.2, 0.25) is 5.02 Å². The van der Waals surface area contributed by atoms with Crippen molar-refractivity contribution in [1.82, 2.24) is 0 Å². The molecule has 0 aliphatic carbocycles. The standard InChI is InChI=1S/C17H16ClN3O4/c1-10(22)21(13-6-4-12(19)5-7-13)17(24)16(23)20-14-9-11(18)3-8-15(14)25-2/h3-9H,19H2,1-2H3,(H,20,23). The number of nitrogens with two attached hydrogens (primary N) is 1. The number of nitrogen functional groups attached to an aromatic ring is 1. The number of ether oxygens (including phenoxy) is 1. The van der Waals surface area contributed by atoms with Gasteiger partial charge in [-0.05, 0) is 42.5 Å². The van der Waals surface area contributed by atoms with E-state index in [4.69, 9.17) is 22.1 Å². The number of rotatable bonds is 3. The third kappa shape index (κ3) is 4.27. The summed E-state index contributed by atoms with van der Waals surface area (Å²) in [6, 6.07) is 10.6. The Kier molecular flexibility index (Phi) is 5.61. The SMILES string of the molecule is COc1ccc(Cl)cc1NC(=O)C(=O)N(C(C)=O)c1ccc(N)cc1. The molecule has 0 fully saturated rings. The molecule has 2 rings (SSSR count). The number of imide groups is 1. The number of carbonyl (C=O) groups is 3. The highest BCUT2D eigenvalue weighted by molar-refractivity contribution is 6.48. The molecule has 0 spiro atoms. The molecule has 0 atom stereocenters. The number of hydrogen-bond acceptors (Lipinski definition) is 5. The van der Waals surface area contributed by atoms with Crippen LogP contribution in [0.15, 0.2) is 42.5 Å². The van der Waals surface area contributed by atoms with Crippen LogP contribution in [-0.4, -0.2) is 24.8 Å². The number of nitrogens with zero attached hydrogens (tertiary/aromatic N) is 1. The van der Waals surface area contributed by atoms with E-state index < -0.39 is 17.7 Å². The lowest BCUT2D eigenvalue weighted by molar-refractivity contribution is -0.136. The molecule has 130 valence electrons. The first kappa shape index (κ1) is 18.3. The van der Waals surface area contributed by atoms with Gasteiger partial charge in [0.15, 0.2) is 0 Å². The first-order valence-corrected chi connectivity index (χ1v) is 7.56. The van der Waals surface area contributed by atoms with Crippen LogP contribution in [0.1, 0.15) is 6.92 Å². The van der Waals surface area contributed by atoms with Gasteiger partial charge in [0.05, 0.1) is 18.5 Å². The van der Waals surface area contributed by atoms with E-state index in [2.05, 4.69) is 5.32 Å². The van der Waals surface area contributed by atoms with Crippen LogP contribution in [0, 0.1) is 0 Å². The summed E-state index contributed by atoms with van der Waals surface area (Å²) in [7, 11) is 1.41. The highest BCUT2D eigenvalue weighted by Crippen LogP contribution is 2.28. The fraction of sp³-hybridized carbons (Fsp3) is 0.118. The van der Waals surface area contributed by atoms with E-state index in [1.165, 1.54) is 44.4 Å². The molecule has 25 heavy (non-hydrogen) atoms. The molecule has 0 unspecified atom stereocenters. The summed E-state index contributed by atoms with van der Waals surface area (Å²) in [4.78, 5) is 37.4. The molecule has 2 aromatic carbocycles. The highest BCUT2D eigenvalue weighted by Gasteiger charge is 2.27. The Labute approximate surface area is 149 Å². The first-order chi connectivity index (χ1) is 11.8. The quantitative estimate of drug-likeness (QED) is 0.645. The van der Waals surface area contributed by atoms with E-state index in [1.54, 1.807) is 12.1 Å². The zero-order valence-corrected chi connectivity index (χ0v) is 14.3. The largest absolute Gasteiger partial charge is 0.495 e. The summed E-state index contributed by atoms with van der Waals surface area (Å²) in [5, 5.41) is 2.75. The van der Waals surface area contributed by atoms with E-state index in [0.29, 0.717) is 16.5 Å². The number of carbonyl (C=O) groups excluding carboxylic acids is 3. The second kappa shape index (κ2) is 7.67. The average molecular weight is 362 g/mol. The van der Waals surface area contributed by atoms with Gasteiger partial charge >= 0.3 is 11.8 Å². The lowest BCUT2D eigenvalue weighted by Crippen LogP contribution is -2.42. The van der Waals surface area contributed by atoms with Gasteiger partial charge < -0.3 is 15.8 Å². The zero-order valence-electron chi connectivity index (χ0n) is 13.6. The topological polar surface area (TPSA) is 102 Å². The minimum atomic E-state index is -1.04. The fourth-order valence-corrected chi connectivity index (χ4v) is 2.29. The predicted molar refractivity (Wildman–Crippen MR) is 95.7 cm³/mol. The van der Waals surface area contributed by atoms with E-state index in [9.17, 15) is 14.4 Å². The van der Waals surface area contributed by atoms with Gasteiger partial charge in [0.1, 0.15) is 5.75 Å². The summed E-state index contributed by atoms with van der Waals surface area (Å²) in [6.45, 7) is 1.18. The van der Waals surface area contributed by atoms with Gasteiger partial charge in [0.25, 0.3) is 0 Å². The molecular formula is C17H16ClN3O4. The van der Waals surface area contributed by atoms with Crippen molar-refractivity contribution in [3.63, 3.8) is 0 Å². The Bertz CT molecular complexity index is 821. The molecule has 3 amide bonds. The fourth-order valence-electron chi connectivity index (χ4n) is 2.12. The van der Waals surface area contributed by atoms with Gasteiger partial charge in [0, 0.05) is 17.6 Å². The Balaban J connectivity index is 2.28. The summed E-state index contributed by atoms with van der Waals surface area (Å²) in [6.07, 6.45) is 0. The van der Waals surface area contributed by atoms with Crippen LogP contribution in [0.3, 0.4) is 0 Å². The second-order valence-corrected chi connectivity index (χ2v) is 5.49. The molecule has 0 bridgehead atoms. The Morgan fingerprint density at radius 1 is 1.12 bits per heavy atom. The minimum absolute atomic E-state index is 0.217. The molecule has 2 aromatic rings. The maximum atomic E-state index is 12.4. The third-order valence-corrected chi connectivity index (χ3v) is 3.51. The third-order valence-electron chi connectivity index (χ3n) is 3.27. The zero-order chi connectivity index (χ0) is 18.6. The molecule has 0 heterocycles. The predicted octanol–water partition coefficient (Wildman–Crippen LogP) is 2.45. The van der Waals surface area contributed by atoms with Crippen molar-refractivity contribution in [1.29, 1.82) is 0 Å². The maximum absolute atomic E-state index is 12.4. The number of halogens is 1. The monoisotopic (exact) mass is 361 g/mol. The lowest BCUT2D eigenvalue weighted by atomic mass is 10.2. The van der Waals surface area contributed by atoms with Crippen LogP contribution in [0.5, 0.6) is 5.75 Å². The number of hydrogen-bond donors (Lipinski definition) is 2. The normalized spacial score (nSPS) is 10.0. The number of nitrogens with one attached hydrogen (secondary N) is 1. The van der Waals surface area contributed by atoms with Crippen LogP contribution in [0.25, 0.3) is 0 Å². The van der Waals surface area contributed by atoms with Gasteiger partial charge in [-0.25, -0.2) is 4.90 Å². The van der Waals surface area contributed by atoms with Crippen molar-refractivity contribution >= 4 is 46.4 Å². The van der Waals surface area contributed by atoms with E-state index >= 15 is 0 Å².